The molecule has 1 aromatic rings. The van der Waals surface area contributed by atoms with Gasteiger partial charge in [0.1, 0.15) is 0 Å². The van der Waals surface area contributed by atoms with Crippen LogP contribution in [0, 0.1) is 0 Å². The normalized spacial score (nSPS) is 10.9. The summed E-state index contributed by atoms with van der Waals surface area (Å²) in [5, 5.41) is 9.19. The van der Waals surface area contributed by atoms with E-state index >= 15 is 0 Å². The van der Waals surface area contributed by atoms with Gasteiger partial charge in [0.2, 0.25) is 0 Å². The molecular weight excluding hydrogens is 186 g/mol. The number of rotatable bonds is 3. The SMILES string of the molecule is Nc1ccc(C=CCCO)c(Cl)c1. The highest BCUT2D eigenvalue weighted by atomic mass is 35.5. The van der Waals surface area contributed by atoms with Gasteiger partial charge in [-0.3, -0.25) is 0 Å². The van der Waals surface area contributed by atoms with Crippen molar-refractivity contribution in [2.75, 3.05) is 12.3 Å². The topological polar surface area (TPSA) is 46.2 Å². The third-order valence-electron chi connectivity index (χ3n) is 1.62. The van der Waals surface area contributed by atoms with E-state index in [2.05, 4.69) is 0 Å². The lowest BCUT2D eigenvalue weighted by molar-refractivity contribution is 0.303. The molecule has 0 atom stereocenters. The molecule has 2 nitrogen and oxygen atoms in total. The van der Waals surface area contributed by atoms with Crippen LogP contribution in [0.15, 0.2) is 24.3 Å². The van der Waals surface area contributed by atoms with E-state index in [1.807, 2.05) is 18.2 Å². The summed E-state index contributed by atoms with van der Waals surface area (Å²) in [5.41, 5.74) is 7.11. The fourth-order valence-electron chi connectivity index (χ4n) is 0.963. The Labute approximate surface area is 82.6 Å². The van der Waals surface area contributed by atoms with Crippen molar-refractivity contribution in [3.05, 3.63) is 34.9 Å². The lowest BCUT2D eigenvalue weighted by atomic mass is 10.2. The van der Waals surface area contributed by atoms with E-state index in [-0.39, 0.29) is 6.61 Å². The first-order valence-electron chi connectivity index (χ1n) is 4.06. The first-order chi connectivity index (χ1) is 6.24. The van der Waals surface area contributed by atoms with Crippen molar-refractivity contribution in [1.82, 2.24) is 0 Å². The molecule has 13 heavy (non-hydrogen) atoms. The summed E-state index contributed by atoms with van der Waals surface area (Å²) >= 11 is 5.91. The lowest BCUT2D eigenvalue weighted by Gasteiger charge is -1.99. The van der Waals surface area contributed by atoms with Crippen molar-refractivity contribution >= 4 is 23.4 Å². The van der Waals surface area contributed by atoms with Gasteiger partial charge in [0.25, 0.3) is 0 Å². The third-order valence-corrected chi connectivity index (χ3v) is 1.95. The number of anilines is 1. The van der Waals surface area contributed by atoms with Gasteiger partial charge < -0.3 is 10.8 Å². The molecule has 1 rings (SSSR count). The minimum absolute atomic E-state index is 0.156. The Balaban J connectivity index is 2.77. The van der Waals surface area contributed by atoms with Crippen LogP contribution < -0.4 is 5.73 Å². The molecule has 0 aliphatic heterocycles. The van der Waals surface area contributed by atoms with Gasteiger partial charge in [-0.25, -0.2) is 0 Å². The zero-order chi connectivity index (χ0) is 9.68. The highest BCUT2D eigenvalue weighted by Crippen LogP contribution is 2.20. The monoisotopic (exact) mass is 197 g/mol. The number of nitrogen functional groups attached to an aromatic ring is 1. The number of aliphatic hydroxyl groups excluding tert-OH is 1. The van der Waals surface area contributed by atoms with E-state index in [1.165, 1.54) is 0 Å². The molecule has 0 fully saturated rings. The molecule has 0 aromatic heterocycles. The first-order valence-corrected chi connectivity index (χ1v) is 4.44. The summed E-state index contributed by atoms with van der Waals surface area (Å²) in [7, 11) is 0. The zero-order valence-electron chi connectivity index (χ0n) is 7.20. The van der Waals surface area contributed by atoms with Crippen molar-refractivity contribution in [2.45, 2.75) is 6.42 Å². The van der Waals surface area contributed by atoms with Crippen molar-refractivity contribution in [1.29, 1.82) is 0 Å². The van der Waals surface area contributed by atoms with Gasteiger partial charge in [-0.05, 0) is 24.1 Å². The second kappa shape index (κ2) is 4.90. The van der Waals surface area contributed by atoms with Gasteiger partial charge in [0.05, 0.1) is 0 Å². The lowest BCUT2D eigenvalue weighted by Crippen LogP contribution is -1.85. The van der Waals surface area contributed by atoms with Crippen LogP contribution in [-0.4, -0.2) is 11.7 Å². The van der Waals surface area contributed by atoms with Crippen LogP contribution in [-0.2, 0) is 0 Å². The number of hydrogen-bond acceptors (Lipinski definition) is 2. The molecule has 3 N–H and O–H groups in total. The van der Waals surface area contributed by atoms with E-state index in [4.69, 9.17) is 22.4 Å². The Morgan fingerprint density at radius 2 is 2.23 bits per heavy atom. The van der Waals surface area contributed by atoms with Crippen LogP contribution in [0.5, 0.6) is 0 Å². The molecule has 0 bridgehead atoms. The van der Waals surface area contributed by atoms with Crippen LogP contribution in [0.3, 0.4) is 0 Å². The van der Waals surface area contributed by atoms with E-state index < -0.39 is 0 Å². The predicted octanol–water partition coefficient (Wildman–Crippen LogP) is 2.32. The number of benzene rings is 1. The maximum absolute atomic E-state index is 8.55. The molecule has 0 aliphatic carbocycles. The molecule has 0 spiro atoms. The molecule has 0 amide bonds. The molecule has 3 heteroatoms. The standard InChI is InChI=1S/C10H12ClNO/c11-10-7-9(12)5-4-8(10)3-1-2-6-13/h1,3-5,7,13H,2,6,12H2. The number of hydrogen-bond donors (Lipinski definition) is 2. The molecule has 0 heterocycles. The van der Waals surface area contributed by atoms with E-state index in [0.29, 0.717) is 17.1 Å². The largest absolute Gasteiger partial charge is 0.399 e. The Morgan fingerprint density at radius 3 is 2.85 bits per heavy atom. The van der Waals surface area contributed by atoms with Crippen molar-refractivity contribution < 1.29 is 5.11 Å². The Kier molecular flexibility index (Phi) is 3.80. The van der Waals surface area contributed by atoms with Gasteiger partial charge in [-0.15, -0.1) is 0 Å². The van der Waals surface area contributed by atoms with Gasteiger partial charge in [0.15, 0.2) is 0 Å². The molecule has 70 valence electrons. The average Bonchev–Trinajstić information content (AvgIpc) is 2.09. The molecule has 0 saturated carbocycles. The van der Waals surface area contributed by atoms with Crippen molar-refractivity contribution in [3.8, 4) is 0 Å². The van der Waals surface area contributed by atoms with Gasteiger partial charge in [-0.2, -0.15) is 0 Å². The van der Waals surface area contributed by atoms with Gasteiger partial charge in [0, 0.05) is 17.3 Å². The predicted molar refractivity (Wildman–Crippen MR) is 56.6 cm³/mol. The van der Waals surface area contributed by atoms with Gasteiger partial charge >= 0.3 is 0 Å². The van der Waals surface area contributed by atoms with E-state index in [1.54, 1.807) is 12.1 Å². The molecule has 0 radical (unpaired) electrons. The molecular formula is C10H12ClNO. The molecule has 1 aromatic carbocycles. The second-order valence-electron chi connectivity index (χ2n) is 2.70. The maximum Gasteiger partial charge on any atom is 0.0498 e. The summed E-state index contributed by atoms with van der Waals surface area (Å²) in [5.74, 6) is 0. The molecule has 0 aliphatic rings. The highest BCUT2D eigenvalue weighted by Gasteiger charge is 1.95. The minimum Gasteiger partial charge on any atom is -0.399 e. The van der Waals surface area contributed by atoms with E-state index in [0.717, 1.165) is 5.56 Å². The summed E-state index contributed by atoms with van der Waals surface area (Å²) in [6, 6.07) is 5.36. The van der Waals surface area contributed by atoms with Crippen LogP contribution in [0.25, 0.3) is 6.08 Å². The van der Waals surface area contributed by atoms with E-state index in [9.17, 15) is 0 Å². The zero-order valence-corrected chi connectivity index (χ0v) is 7.96. The Bertz CT molecular complexity index is 310. The summed E-state index contributed by atoms with van der Waals surface area (Å²) in [4.78, 5) is 0. The summed E-state index contributed by atoms with van der Waals surface area (Å²) in [6.45, 7) is 0.156. The number of halogens is 1. The van der Waals surface area contributed by atoms with Gasteiger partial charge in [-0.1, -0.05) is 29.8 Å². The number of aliphatic hydroxyl groups is 1. The summed E-state index contributed by atoms with van der Waals surface area (Å²) in [6.07, 6.45) is 4.39. The molecule has 0 unspecified atom stereocenters. The fraction of sp³-hybridized carbons (Fsp3) is 0.200. The van der Waals surface area contributed by atoms with Crippen LogP contribution in [0.2, 0.25) is 5.02 Å². The van der Waals surface area contributed by atoms with Crippen LogP contribution >= 0.6 is 11.6 Å². The van der Waals surface area contributed by atoms with Crippen molar-refractivity contribution in [3.63, 3.8) is 0 Å². The van der Waals surface area contributed by atoms with Crippen molar-refractivity contribution in [2.24, 2.45) is 0 Å². The smallest absolute Gasteiger partial charge is 0.0498 e. The van der Waals surface area contributed by atoms with Crippen LogP contribution in [0.4, 0.5) is 5.69 Å². The second-order valence-corrected chi connectivity index (χ2v) is 3.10. The average molecular weight is 198 g/mol. The highest BCUT2D eigenvalue weighted by molar-refractivity contribution is 6.32. The maximum atomic E-state index is 8.55. The molecule has 0 saturated heterocycles. The first kappa shape index (κ1) is 10.1. The fourth-order valence-corrected chi connectivity index (χ4v) is 1.22. The summed E-state index contributed by atoms with van der Waals surface area (Å²) < 4.78 is 0. The Hall–Kier alpha value is -0.990. The number of nitrogens with two attached hydrogens (primary N) is 1. The quantitative estimate of drug-likeness (QED) is 0.731. The Morgan fingerprint density at radius 1 is 1.46 bits per heavy atom. The minimum atomic E-state index is 0.156. The van der Waals surface area contributed by atoms with Crippen LogP contribution in [0.1, 0.15) is 12.0 Å². The third kappa shape index (κ3) is 3.09.